The van der Waals surface area contributed by atoms with Crippen LogP contribution < -0.4 is 15.5 Å². The van der Waals surface area contributed by atoms with Crippen molar-refractivity contribution in [2.75, 3.05) is 24.5 Å². The van der Waals surface area contributed by atoms with E-state index in [1.165, 1.54) is 0 Å². The van der Waals surface area contributed by atoms with Crippen LogP contribution in [0.2, 0.25) is 0 Å². The van der Waals surface area contributed by atoms with E-state index in [1.54, 1.807) is 24.5 Å². The van der Waals surface area contributed by atoms with Gasteiger partial charge in [0, 0.05) is 32.0 Å². The molecule has 5 heterocycles. The summed E-state index contributed by atoms with van der Waals surface area (Å²) in [5.41, 5.74) is 3.42. The zero-order valence-corrected chi connectivity index (χ0v) is 19.2. The molecule has 2 aliphatic rings. The molecular formula is C23H24N8O2S. The summed E-state index contributed by atoms with van der Waals surface area (Å²) in [5.74, 6) is 0.837. The molecule has 2 aliphatic heterocycles. The number of anilines is 1. The Morgan fingerprint density at radius 2 is 2.00 bits per heavy atom. The minimum atomic E-state index is -0.383. The lowest BCUT2D eigenvalue weighted by atomic mass is 9.97. The third kappa shape index (κ3) is 5.32. The summed E-state index contributed by atoms with van der Waals surface area (Å²) in [4.78, 5) is 39.3. The van der Waals surface area contributed by atoms with Gasteiger partial charge in [-0.25, -0.2) is 15.0 Å². The monoisotopic (exact) mass is 476 g/mol. The largest absolute Gasteiger partial charge is 0.341 e. The molecule has 0 unspecified atom stereocenters. The summed E-state index contributed by atoms with van der Waals surface area (Å²) in [7, 11) is 0. The summed E-state index contributed by atoms with van der Waals surface area (Å²) in [5, 5.41) is 12.4. The summed E-state index contributed by atoms with van der Waals surface area (Å²) < 4.78 is 0. The maximum absolute atomic E-state index is 11.8. The van der Waals surface area contributed by atoms with Crippen molar-refractivity contribution < 1.29 is 9.59 Å². The number of nitrogens with zero attached hydrogens (tertiary/aromatic N) is 5. The second kappa shape index (κ2) is 10.1. The van der Waals surface area contributed by atoms with Crippen LogP contribution >= 0.6 is 11.8 Å². The molecule has 3 N–H and O–H groups in total. The van der Waals surface area contributed by atoms with Gasteiger partial charge in [0.15, 0.2) is 0 Å². The van der Waals surface area contributed by atoms with E-state index in [1.807, 2.05) is 24.3 Å². The van der Waals surface area contributed by atoms with Crippen LogP contribution in [0, 0.1) is 5.92 Å². The number of imide groups is 1. The summed E-state index contributed by atoms with van der Waals surface area (Å²) in [6, 6.07) is 9.66. The van der Waals surface area contributed by atoms with Crippen LogP contribution in [0.15, 0.2) is 47.6 Å². The normalized spacial score (nSPS) is 18.0. The first-order valence-corrected chi connectivity index (χ1v) is 11.9. The predicted molar refractivity (Wildman–Crippen MR) is 130 cm³/mol. The SMILES string of the molecule is O=C1NC(=O)C(=Cc2ccnc(N3CCC(CNCc4cccc(-c5ccn[nH]5)n4)CC3)n2)S1. The first-order valence-electron chi connectivity index (χ1n) is 11.1. The van der Waals surface area contributed by atoms with Crippen molar-refractivity contribution in [3.8, 4) is 11.4 Å². The number of carbonyl (C=O) groups is 2. The maximum Gasteiger partial charge on any atom is 0.290 e. The van der Waals surface area contributed by atoms with Crippen LogP contribution in [0.4, 0.5) is 10.7 Å². The minimum absolute atomic E-state index is 0.351. The van der Waals surface area contributed by atoms with Gasteiger partial charge in [-0.1, -0.05) is 6.07 Å². The summed E-state index contributed by atoms with van der Waals surface area (Å²) >= 11 is 0.888. The highest BCUT2D eigenvalue weighted by molar-refractivity contribution is 8.18. The molecule has 2 fully saturated rings. The topological polar surface area (TPSA) is 129 Å². The number of carbonyl (C=O) groups excluding carboxylic acids is 2. The van der Waals surface area contributed by atoms with Gasteiger partial charge in [-0.3, -0.25) is 20.0 Å². The number of aromatic amines is 1. The Balaban J connectivity index is 1.11. The molecule has 11 heteroatoms. The third-order valence-corrected chi connectivity index (χ3v) is 6.62. The zero-order valence-electron chi connectivity index (χ0n) is 18.4. The Labute approximate surface area is 200 Å². The van der Waals surface area contributed by atoms with E-state index in [0.717, 1.165) is 67.9 Å². The van der Waals surface area contributed by atoms with E-state index in [-0.39, 0.29) is 11.1 Å². The van der Waals surface area contributed by atoms with E-state index >= 15 is 0 Å². The molecule has 0 bridgehead atoms. The number of pyridine rings is 1. The first-order chi connectivity index (χ1) is 16.6. The van der Waals surface area contributed by atoms with Gasteiger partial charge >= 0.3 is 0 Å². The Kier molecular flexibility index (Phi) is 6.63. The molecule has 174 valence electrons. The molecule has 3 aromatic heterocycles. The number of piperidine rings is 1. The number of aromatic nitrogens is 5. The number of H-pyrrole nitrogens is 1. The van der Waals surface area contributed by atoms with Gasteiger partial charge in [0.1, 0.15) is 0 Å². The first kappa shape index (κ1) is 22.2. The number of rotatable bonds is 7. The van der Waals surface area contributed by atoms with Crippen LogP contribution in [0.3, 0.4) is 0 Å². The molecular weight excluding hydrogens is 452 g/mol. The molecule has 10 nitrogen and oxygen atoms in total. The lowest BCUT2D eigenvalue weighted by Crippen LogP contribution is -2.38. The van der Waals surface area contributed by atoms with E-state index in [0.29, 0.717) is 22.5 Å². The van der Waals surface area contributed by atoms with Crippen molar-refractivity contribution in [1.82, 2.24) is 35.8 Å². The Bertz CT molecular complexity index is 1210. The highest BCUT2D eigenvalue weighted by Crippen LogP contribution is 2.26. The van der Waals surface area contributed by atoms with Crippen molar-refractivity contribution in [1.29, 1.82) is 0 Å². The van der Waals surface area contributed by atoms with Crippen LogP contribution in [0.5, 0.6) is 0 Å². The summed E-state index contributed by atoms with van der Waals surface area (Å²) in [6.07, 6.45) is 7.11. The molecule has 0 aromatic carbocycles. The molecule has 0 radical (unpaired) electrons. The van der Waals surface area contributed by atoms with Crippen molar-refractivity contribution in [3.05, 3.63) is 59.0 Å². The molecule has 0 aliphatic carbocycles. The van der Waals surface area contributed by atoms with Gasteiger partial charge in [0.05, 0.1) is 27.7 Å². The van der Waals surface area contributed by atoms with E-state index in [9.17, 15) is 9.59 Å². The number of amides is 2. The van der Waals surface area contributed by atoms with Crippen molar-refractivity contribution in [2.45, 2.75) is 19.4 Å². The zero-order chi connectivity index (χ0) is 23.3. The molecule has 5 rings (SSSR count). The maximum atomic E-state index is 11.8. The molecule has 2 amide bonds. The van der Waals surface area contributed by atoms with Crippen molar-refractivity contribution >= 4 is 34.9 Å². The molecule has 2 saturated heterocycles. The Morgan fingerprint density at radius 1 is 1.12 bits per heavy atom. The number of hydrogen-bond donors (Lipinski definition) is 3. The highest BCUT2D eigenvalue weighted by atomic mass is 32.2. The minimum Gasteiger partial charge on any atom is -0.341 e. The molecule has 0 atom stereocenters. The smallest absolute Gasteiger partial charge is 0.290 e. The van der Waals surface area contributed by atoms with E-state index in [4.69, 9.17) is 4.98 Å². The van der Waals surface area contributed by atoms with Gasteiger partial charge in [-0.05, 0) is 67.4 Å². The van der Waals surface area contributed by atoms with E-state index < -0.39 is 0 Å². The van der Waals surface area contributed by atoms with E-state index in [2.05, 4.69) is 35.7 Å². The second-order valence-electron chi connectivity index (χ2n) is 8.18. The van der Waals surface area contributed by atoms with Crippen LogP contribution in [0.25, 0.3) is 17.5 Å². The van der Waals surface area contributed by atoms with Gasteiger partial charge in [-0.2, -0.15) is 5.10 Å². The fourth-order valence-electron chi connectivity index (χ4n) is 4.02. The van der Waals surface area contributed by atoms with Crippen molar-refractivity contribution in [3.63, 3.8) is 0 Å². The summed E-state index contributed by atoms with van der Waals surface area (Å²) in [6.45, 7) is 3.38. The standard InChI is InChI=1S/C23H24N8O2S/c32-21-20(34-23(33)29-21)12-16-4-8-25-22(28-16)31-10-6-15(7-11-31)13-24-14-17-2-1-3-18(27-17)19-5-9-26-30-19/h1-5,8-9,12,15,24H,6-7,10-11,13-14H2,(H,26,30)(H,29,32,33). The average molecular weight is 477 g/mol. The Hall–Kier alpha value is -3.57. The lowest BCUT2D eigenvalue weighted by Gasteiger charge is -2.32. The average Bonchev–Trinajstić information content (AvgIpc) is 3.50. The molecule has 34 heavy (non-hydrogen) atoms. The van der Waals surface area contributed by atoms with Gasteiger partial charge in [0.2, 0.25) is 5.95 Å². The quantitative estimate of drug-likeness (QED) is 0.441. The number of hydrogen-bond acceptors (Lipinski definition) is 9. The molecule has 3 aromatic rings. The Morgan fingerprint density at radius 3 is 2.76 bits per heavy atom. The highest BCUT2D eigenvalue weighted by Gasteiger charge is 2.25. The predicted octanol–water partition coefficient (Wildman–Crippen LogP) is 2.59. The number of thioether (sulfide) groups is 1. The lowest BCUT2D eigenvalue weighted by molar-refractivity contribution is -0.115. The molecule has 0 saturated carbocycles. The van der Waals surface area contributed by atoms with Gasteiger partial charge in [0.25, 0.3) is 11.1 Å². The third-order valence-electron chi connectivity index (χ3n) is 5.81. The van der Waals surface area contributed by atoms with Gasteiger partial charge < -0.3 is 10.2 Å². The van der Waals surface area contributed by atoms with Crippen molar-refractivity contribution in [2.24, 2.45) is 5.92 Å². The van der Waals surface area contributed by atoms with Crippen LogP contribution in [-0.2, 0) is 11.3 Å². The van der Waals surface area contributed by atoms with Crippen LogP contribution in [-0.4, -0.2) is 55.9 Å². The fourth-order valence-corrected chi connectivity index (χ4v) is 4.68. The number of nitrogens with one attached hydrogen (secondary N) is 3. The fraction of sp³-hybridized carbons (Fsp3) is 0.304. The second-order valence-corrected chi connectivity index (χ2v) is 9.19. The van der Waals surface area contributed by atoms with Gasteiger partial charge in [-0.15, -0.1) is 0 Å². The molecule has 0 spiro atoms. The van der Waals surface area contributed by atoms with Crippen LogP contribution in [0.1, 0.15) is 24.2 Å².